The molecular weight excluding hydrogens is 308 g/mol. The van der Waals surface area contributed by atoms with Gasteiger partial charge in [-0.2, -0.15) is 9.61 Å². The van der Waals surface area contributed by atoms with Gasteiger partial charge < -0.3 is 5.73 Å². The van der Waals surface area contributed by atoms with E-state index in [1.165, 1.54) is 17.4 Å². The van der Waals surface area contributed by atoms with Crippen molar-refractivity contribution in [2.45, 2.75) is 13.0 Å². The van der Waals surface area contributed by atoms with Gasteiger partial charge in [-0.25, -0.2) is 0 Å². The molecule has 0 spiro atoms. The highest BCUT2D eigenvalue weighted by Gasteiger charge is 2.17. The van der Waals surface area contributed by atoms with Gasteiger partial charge in [0.25, 0.3) is 11.2 Å². The van der Waals surface area contributed by atoms with Crippen molar-refractivity contribution in [1.29, 1.82) is 0 Å². The summed E-state index contributed by atoms with van der Waals surface area (Å²) in [5.74, 6) is 0. The summed E-state index contributed by atoms with van der Waals surface area (Å²) < 4.78 is 1.13. The van der Waals surface area contributed by atoms with Crippen molar-refractivity contribution < 1.29 is 4.92 Å². The number of para-hydroxylation sites is 1. The number of fused-ring (bicyclic) bond motifs is 1. The average molecular weight is 318 g/mol. The predicted molar refractivity (Wildman–Crippen MR) is 78.7 cm³/mol. The smallest absolute Gasteiger partial charge is 0.297 e. The van der Waals surface area contributed by atoms with Gasteiger partial charge in [0, 0.05) is 24.6 Å². The second-order valence-electron chi connectivity index (χ2n) is 4.41. The van der Waals surface area contributed by atoms with Crippen molar-refractivity contribution in [3.8, 4) is 0 Å². The minimum Gasteiger partial charge on any atom is -0.324 e. The van der Waals surface area contributed by atoms with Crippen LogP contribution in [-0.2, 0) is 13.0 Å². The van der Waals surface area contributed by atoms with Crippen LogP contribution in [0.3, 0.4) is 0 Å². The molecule has 3 rings (SSSR count). The molecule has 2 aromatic heterocycles. The molecule has 0 bridgehead atoms. The summed E-state index contributed by atoms with van der Waals surface area (Å²) in [7, 11) is 0. The first-order chi connectivity index (χ1) is 10.6. The topological polar surface area (TPSA) is 129 Å². The van der Waals surface area contributed by atoms with Crippen LogP contribution in [0.5, 0.6) is 0 Å². The van der Waals surface area contributed by atoms with Crippen molar-refractivity contribution in [2.75, 3.05) is 0 Å². The number of nitrogens with zero attached hydrogens (tertiary/aromatic N) is 5. The molecule has 0 radical (unpaired) electrons. The molecule has 0 aliphatic rings. The van der Waals surface area contributed by atoms with Crippen LogP contribution in [0.4, 0.5) is 5.69 Å². The van der Waals surface area contributed by atoms with Crippen molar-refractivity contribution in [2.24, 2.45) is 5.73 Å². The van der Waals surface area contributed by atoms with Crippen LogP contribution in [0.1, 0.15) is 16.3 Å². The zero-order valence-electron chi connectivity index (χ0n) is 11.2. The van der Waals surface area contributed by atoms with E-state index in [0.717, 1.165) is 4.52 Å². The maximum Gasteiger partial charge on any atom is 0.297 e. The Hall–Kier alpha value is -2.72. The third-order valence-electron chi connectivity index (χ3n) is 3.02. The molecule has 0 aliphatic heterocycles. The van der Waals surface area contributed by atoms with E-state index >= 15 is 0 Å². The van der Waals surface area contributed by atoms with Gasteiger partial charge >= 0.3 is 0 Å². The van der Waals surface area contributed by atoms with Crippen molar-refractivity contribution in [3.05, 3.63) is 61.0 Å². The molecule has 10 heteroatoms. The lowest BCUT2D eigenvalue weighted by atomic mass is 10.1. The normalized spacial score (nSPS) is 11.0. The highest BCUT2D eigenvalue weighted by molar-refractivity contribution is 7.16. The molecular formula is C12H10N6O3S. The maximum atomic E-state index is 12.3. The minimum absolute atomic E-state index is 0.0153. The van der Waals surface area contributed by atoms with Crippen LogP contribution in [-0.4, -0.2) is 24.7 Å². The molecule has 0 unspecified atom stereocenters. The molecule has 9 nitrogen and oxygen atoms in total. The Morgan fingerprint density at radius 1 is 1.32 bits per heavy atom. The number of hydrogen-bond acceptors (Lipinski definition) is 8. The summed E-state index contributed by atoms with van der Waals surface area (Å²) in [5.41, 5.74) is 5.48. The molecule has 0 atom stereocenters. The standard InChI is InChI=1S/C12H10N6O3S/c13-6-10-16-17-11(19)8(14-15-12(17)22-10)5-7-3-1-2-4-9(7)18(20)21/h1-4H,5-6,13H2. The molecule has 1 aromatic carbocycles. The largest absolute Gasteiger partial charge is 0.324 e. The Bertz CT molecular complexity index is 919. The summed E-state index contributed by atoms with van der Waals surface area (Å²) >= 11 is 1.18. The van der Waals surface area contributed by atoms with Gasteiger partial charge in [0.15, 0.2) is 0 Å². The third kappa shape index (κ3) is 2.44. The number of aromatic nitrogens is 4. The fourth-order valence-electron chi connectivity index (χ4n) is 2.00. The highest BCUT2D eigenvalue weighted by atomic mass is 32.1. The number of nitro groups is 1. The van der Waals surface area contributed by atoms with E-state index < -0.39 is 10.5 Å². The zero-order valence-corrected chi connectivity index (χ0v) is 12.0. The van der Waals surface area contributed by atoms with Gasteiger partial charge in [0.1, 0.15) is 10.7 Å². The number of nitro benzene ring substituents is 1. The molecule has 0 saturated carbocycles. The Morgan fingerprint density at radius 3 is 2.82 bits per heavy atom. The van der Waals surface area contributed by atoms with E-state index in [9.17, 15) is 14.9 Å². The fraction of sp³-hybridized carbons (Fsp3) is 0.167. The quantitative estimate of drug-likeness (QED) is 0.547. The summed E-state index contributed by atoms with van der Waals surface area (Å²) in [6.45, 7) is 0.201. The number of nitrogens with two attached hydrogens (primary N) is 1. The second-order valence-corrected chi connectivity index (χ2v) is 5.45. The molecule has 0 fully saturated rings. The molecule has 0 aliphatic carbocycles. The second kappa shape index (κ2) is 5.58. The minimum atomic E-state index is -0.492. The lowest BCUT2D eigenvalue weighted by Crippen LogP contribution is -2.22. The molecule has 0 amide bonds. The molecule has 112 valence electrons. The van der Waals surface area contributed by atoms with Gasteiger partial charge in [0.2, 0.25) is 4.96 Å². The highest BCUT2D eigenvalue weighted by Crippen LogP contribution is 2.19. The average Bonchev–Trinajstić information content (AvgIpc) is 2.94. The first-order valence-corrected chi connectivity index (χ1v) is 7.08. The first kappa shape index (κ1) is 14.2. The Morgan fingerprint density at radius 2 is 2.09 bits per heavy atom. The number of hydrogen-bond donors (Lipinski definition) is 1. The van der Waals surface area contributed by atoms with Gasteiger partial charge in [-0.05, 0) is 0 Å². The predicted octanol–water partition coefficient (Wildman–Crippen LogP) is 0.504. The van der Waals surface area contributed by atoms with E-state index in [1.54, 1.807) is 18.2 Å². The molecule has 2 N–H and O–H groups in total. The van der Waals surface area contributed by atoms with Crippen LogP contribution in [0.15, 0.2) is 29.1 Å². The summed E-state index contributed by atoms with van der Waals surface area (Å²) in [5, 5.41) is 23.4. The summed E-state index contributed by atoms with van der Waals surface area (Å²) in [6, 6.07) is 6.20. The first-order valence-electron chi connectivity index (χ1n) is 6.27. The van der Waals surface area contributed by atoms with E-state index in [0.29, 0.717) is 15.5 Å². The van der Waals surface area contributed by atoms with Crippen molar-refractivity contribution in [3.63, 3.8) is 0 Å². The molecule has 2 heterocycles. The third-order valence-corrected chi connectivity index (χ3v) is 3.94. The SMILES string of the molecule is NCc1nn2c(=O)c(Cc3ccccc3[N+](=O)[O-])nnc2s1. The summed E-state index contributed by atoms with van der Waals surface area (Å²) in [6.07, 6.45) is 0.0153. The van der Waals surface area contributed by atoms with Gasteiger partial charge in [0.05, 0.1) is 4.92 Å². The van der Waals surface area contributed by atoms with Crippen molar-refractivity contribution in [1.82, 2.24) is 19.8 Å². The summed E-state index contributed by atoms with van der Waals surface area (Å²) in [4.78, 5) is 23.2. The van der Waals surface area contributed by atoms with Crippen molar-refractivity contribution >= 4 is 22.0 Å². The van der Waals surface area contributed by atoms with E-state index in [-0.39, 0.29) is 24.3 Å². The Labute approximate surface area is 127 Å². The van der Waals surface area contributed by atoms with E-state index in [1.807, 2.05) is 0 Å². The molecule has 22 heavy (non-hydrogen) atoms. The molecule has 3 aromatic rings. The monoisotopic (exact) mass is 318 g/mol. The van der Waals surface area contributed by atoms with E-state index in [2.05, 4.69) is 15.3 Å². The van der Waals surface area contributed by atoms with Gasteiger partial charge in [-0.3, -0.25) is 14.9 Å². The number of benzene rings is 1. The molecule has 0 saturated heterocycles. The zero-order chi connectivity index (χ0) is 15.7. The maximum absolute atomic E-state index is 12.3. The lowest BCUT2D eigenvalue weighted by Gasteiger charge is -2.01. The van der Waals surface area contributed by atoms with Gasteiger partial charge in [-0.15, -0.1) is 10.2 Å². The number of rotatable bonds is 4. The van der Waals surface area contributed by atoms with Crippen LogP contribution >= 0.6 is 11.3 Å². The van der Waals surface area contributed by atoms with Gasteiger partial charge in [-0.1, -0.05) is 29.5 Å². The fourth-order valence-corrected chi connectivity index (χ4v) is 2.71. The van der Waals surface area contributed by atoms with Crippen LogP contribution < -0.4 is 11.3 Å². The van der Waals surface area contributed by atoms with E-state index in [4.69, 9.17) is 5.73 Å². The van der Waals surface area contributed by atoms with Crippen LogP contribution in [0.2, 0.25) is 0 Å². The lowest BCUT2D eigenvalue weighted by molar-refractivity contribution is -0.385. The Kier molecular flexibility index (Phi) is 3.61. The van der Waals surface area contributed by atoms with Crippen LogP contribution in [0.25, 0.3) is 4.96 Å². The van der Waals surface area contributed by atoms with Crippen LogP contribution in [0, 0.1) is 10.1 Å². The Balaban J connectivity index is 2.07.